The normalized spacial score (nSPS) is 16.1. The van der Waals surface area contributed by atoms with E-state index in [9.17, 15) is 5.26 Å². The van der Waals surface area contributed by atoms with Gasteiger partial charge in [-0.3, -0.25) is 9.88 Å². The van der Waals surface area contributed by atoms with Crippen LogP contribution in [0.3, 0.4) is 0 Å². The van der Waals surface area contributed by atoms with E-state index in [2.05, 4.69) is 45.2 Å². The maximum atomic E-state index is 9.20. The second-order valence-corrected chi connectivity index (χ2v) is 9.95. The third kappa shape index (κ3) is 4.11. The molecule has 3 heterocycles. The molecule has 6 heteroatoms. The van der Waals surface area contributed by atoms with Gasteiger partial charge in [-0.1, -0.05) is 6.07 Å². The maximum absolute atomic E-state index is 9.20. The Morgan fingerprint density at radius 2 is 1.94 bits per heavy atom. The van der Waals surface area contributed by atoms with Crippen molar-refractivity contribution >= 4 is 33.2 Å². The number of rotatable bonds is 6. The number of aromatic amines is 1. The van der Waals surface area contributed by atoms with Crippen molar-refractivity contribution in [1.29, 1.82) is 5.26 Å². The van der Waals surface area contributed by atoms with Crippen LogP contribution < -0.4 is 10.6 Å². The monoisotopic (exact) mass is 464 g/mol. The van der Waals surface area contributed by atoms with Crippen LogP contribution in [0.1, 0.15) is 41.6 Å². The number of nitrogens with one attached hydrogen (secondary N) is 1. The number of nitriles is 1. The van der Waals surface area contributed by atoms with Gasteiger partial charge < -0.3 is 15.6 Å². The molecule has 6 nitrogen and oxygen atoms in total. The van der Waals surface area contributed by atoms with Gasteiger partial charge in [-0.15, -0.1) is 0 Å². The van der Waals surface area contributed by atoms with E-state index in [1.807, 2.05) is 18.2 Å². The van der Waals surface area contributed by atoms with Crippen LogP contribution in [0.4, 0.5) is 11.4 Å². The molecule has 0 bridgehead atoms. The summed E-state index contributed by atoms with van der Waals surface area (Å²) >= 11 is 0. The number of H-pyrrole nitrogens is 1. The van der Waals surface area contributed by atoms with Gasteiger partial charge in [0.15, 0.2) is 0 Å². The van der Waals surface area contributed by atoms with Crippen LogP contribution in [0.5, 0.6) is 0 Å². The Balaban J connectivity index is 1.05. The lowest BCUT2D eigenvalue weighted by molar-refractivity contribution is 0.253. The Bertz CT molecular complexity index is 1420. The molecule has 0 unspecified atom stereocenters. The zero-order valence-corrected chi connectivity index (χ0v) is 20.2. The Kier molecular flexibility index (Phi) is 5.79. The molecule has 6 rings (SSSR count). The molecule has 0 amide bonds. The highest BCUT2D eigenvalue weighted by atomic mass is 15.3. The average molecular weight is 465 g/mol. The number of nitrogen functional groups attached to an aromatic ring is 1. The lowest BCUT2D eigenvalue weighted by atomic mass is 10.0. The van der Waals surface area contributed by atoms with Gasteiger partial charge in [0.25, 0.3) is 0 Å². The zero-order chi connectivity index (χ0) is 23.8. The number of nitrogens with two attached hydrogens (primary N) is 1. The zero-order valence-electron chi connectivity index (χ0n) is 20.2. The molecule has 4 aromatic rings. The fraction of sp³-hybridized carbons (Fsp3) is 0.379. The molecule has 1 saturated heterocycles. The largest absolute Gasteiger partial charge is 0.398 e. The summed E-state index contributed by atoms with van der Waals surface area (Å²) in [7, 11) is 0. The van der Waals surface area contributed by atoms with Crippen molar-refractivity contribution in [3.8, 4) is 6.07 Å². The second kappa shape index (κ2) is 9.24. The summed E-state index contributed by atoms with van der Waals surface area (Å²) in [5, 5.41) is 11.5. The van der Waals surface area contributed by atoms with Crippen LogP contribution >= 0.6 is 0 Å². The standard InChI is InChI=1S/C29H32N6/c30-18-20-10-11-24-23(17-20)21(19-32-24)5-1-2-12-34-13-15-35(16-14-34)27-9-4-8-26-28(27)29(31)22-6-3-7-25(22)33-26/h4,8-11,17,19,32H,1-3,5-7,12-16H2,(H2,31,33). The number of hydrogen-bond donors (Lipinski definition) is 2. The van der Waals surface area contributed by atoms with Gasteiger partial charge in [-0.05, 0) is 86.5 Å². The van der Waals surface area contributed by atoms with Crippen molar-refractivity contribution in [2.75, 3.05) is 43.4 Å². The quantitative estimate of drug-likeness (QED) is 0.400. The van der Waals surface area contributed by atoms with Crippen LogP contribution in [0, 0.1) is 11.3 Å². The smallest absolute Gasteiger partial charge is 0.0991 e. The van der Waals surface area contributed by atoms with Crippen molar-refractivity contribution in [3.63, 3.8) is 0 Å². The van der Waals surface area contributed by atoms with Crippen molar-refractivity contribution < 1.29 is 0 Å². The average Bonchev–Trinajstić information content (AvgIpc) is 3.53. The van der Waals surface area contributed by atoms with E-state index in [4.69, 9.17) is 10.7 Å². The lowest BCUT2D eigenvalue weighted by Crippen LogP contribution is -2.46. The lowest BCUT2D eigenvalue weighted by Gasteiger charge is -2.36. The topological polar surface area (TPSA) is 85.0 Å². The van der Waals surface area contributed by atoms with Crippen molar-refractivity contribution in [1.82, 2.24) is 14.9 Å². The summed E-state index contributed by atoms with van der Waals surface area (Å²) in [4.78, 5) is 13.4. The summed E-state index contributed by atoms with van der Waals surface area (Å²) < 4.78 is 0. The Morgan fingerprint density at radius 3 is 2.80 bits per heavy atom. The number of aromatic nitrogens is 2. The number of aryl methyl sites for hydroxylation is 2. The van der Waals surface area contributed by atoms with Gasteiger partial charge in [-0.25, -0.2) is 0 Å². The van der Waals surface area contributed by atoms with Gasteiger partial charge in [0, 0.05) is 65.7 Å². The molecule has 1 aliphatic heterocycles. The third-order valence-electron chi connectivity index (χ3n) is 7.84. The third-order valence-corrected chi connectivity index (χ3v) is 7.84. The van der Waals surface area contributed by atoms with Crippen molar-refractivity contribution in [3.05, 3.63) is 65.0 Å². The summed E-state index contributed by atoms with van der Waals surface area (Å²) in [5.41, 5.74) is 15.6. The highest BCUT2D eigenvalue weighted by Gasteiger charge is 2.23. The molecule has 0 saturated carbocycles. The number of nitrogens with zero attached hydrogens (tertiary/aromatic N) is 4. The van der Waals surface area contributed by atoms with Crippen LogP contribution in [-0.4, -0.2) is 47.6 Å². The molecule has 2 aliphatic rings. The number of hydrogen-bond acceptors (Lipinski definition) is 5. The molecule has 2 aromatic heterocycles. The van der Waals surface area contributed by atoms with Crippen LogP contribution in [0.2, 0.25) is 0 Å². The Morgan fingerprint density at radius 1 is 1.06 bits per heavy atom. The highest BCUT2D eigenvalue weighted by molar-refractivity contribution is 6.02. The minimum Gasteiger partial charge on any atom is -0.398 e. The number of fused-ring (bicyclic) bond motifs is 3. The predicted octanol–water partition coefficient (Wildman–Crippen LogP) is 4.80. The van der Waals surface area contributed by atoms with Crippen LogP contribution in [0.15, 0.2) is 42.6 Å². The number of unbranched alkanes of at least 4 members (excludes halogenated alkanes) is 1. The first-order chi connectivity index (χ1) is 17.2. The number of benzene rings is 2. The summed E-state index contributed by atoms with van der Waals surface area (Å²) in [5.74, 6) is 0. The van der Waals surface area contributed by atoms with E-state index in [0.717, 1.165) is 92.5 Å². The molecule has 3 N–H and O–H groups in total. The number of pyridine rings is 1. The molecular formula is C29H32N6. The first-order valence-corrected chi connectivity index (χ1v) is 12.9. The predicted molar refractivity (Wildman–Crippen MR) is 143 cm³/mol. The van der Waals surface area contributed by atoms with Crippen molar-refractivity contribution in [2.24, 2.45) is 0 Å². The van der Waals surface area contributed by atoms with E-state index in [1.54, 1.807) is 0 Å². The second-order valence-electron chi connectivity index (χ2n) is 9.95. The van der Waals surface area contributed by atoms with Crippen molar-refractivity contribution in [2.45, 2.75) is 38.5 Å². The maximum Gasteiger partial charge on any atom is 0.0991 e. The molecule has 0 radical (unpaired) electrons. The summed E-state index contributed by atoms with van der Waals surface area (Å²) in [6.07, 6.45) is 8.76. The summed E-state index contributed by atoms with van der Waals surface area (Å²) in [6.45, 7) is 5.33. The van der Waals surface area contributed by atoms with Gasteiger partial charge in [-0.2, -0.15) is 5.26 Å². The number of anilines is 2. The molecule has 0 spiro atoms. The molecular weight excluding hydrogens is 432 g/mol. The van der Waals surface area contributed by atoms with E-state index >= 15 is 0 Å². The molecule has 178 valence electrons. The fourth-order valence-corrected chi connectivity index (χ4v) is 5.92. The Hall–Kier alpha value is -3.56. The summed E-state index contributed by atoms with van der Waals surface area (Å²) in [6, 6.07) is 14.6. The van der Waals surface area contributed by atoms with Gasteiger partial charge in [0.05, 0.1) is 17.1 Å². The van der Waals surface area contributed by atoms with Crippen LogP contribution in [-0.2, 0) is 19.3 Å². The molecule has 1 aliphatic carbocycles. The minimum atomic E-state index is 0.726. The SMILES string of the molecule is N#Cc1ccc2[nH]cc(CCCCN3CCN(c4cccc5nc6c(c(N)c45)CCC6)CC3)c2c1. The molecule has 0 atom stereocenters. The van der Waals surface area contributed by atoms with Gasteiger partial charge >= 0.3 is 0 Å². The van der Waals surface area contributed by atoms with Gasteiger partial charge in [0.2, 0.25) is 0 Å². The van der Waals surface area contributed by atoms with Gasteiger partial charge in [0.1, 0.15) is 0 Å². The molecule has 35 heavy (non-hydrogen) atoms. The van der Waals surface area contributed by atoms with E-state index in [1.165, 1.54) is 34.3 Å². The minimum absolute atomic E-state index is 0.726. The fourth-order valence-electron chi connectivity index (χ4n) is 5.92. The van der Waals surface area contributed by atoms with E-state index < -0.39 is 0 Å². The van der Waals surface area contributed by atoms with E-state index in [-0.39, 0.29) is 0 Å². The van der Waals surface area contributed by atoms with Crippen LogP contribution in [0.25, 0.3) is 21.8 Å². The Labute approximate surface area is 206 Å². The highest BCUT2D eigenvalue weighted by Crippen LogP contribution is 2.37. The first-order valence-electron chi connectivity index (χ1n) is 12.9. The first kappa shape index (κ1) is 21.9. The molecule has 2 aromatic carbocycles. The number of piperazine rings is 1. The molecule has 1 fully saturated rings. The van der Waals surface area contributed by atoms with E-state index in [0.29, 0.717) is 0 Å².